The van der Waals surface area contributed by atoms with E-state index in [0.717, 1.165) is 14.7 Å². The highest BCUT2D eigenvalue weighted by Crippen LogP contribution is 2.35. The lowest BCUT2D eigenvalue weighted by molar-refractivity contribution is 0.102. The number of halogens is 2. The molecule has 0 aliphatic heterocycles. The van der Waals surface area contributed by atoms with Gasteiger partial charge in [-0.05, 0) is 64.9 Å². The largest absolute Gasteiger partial charge is 0.492 e. The molecule has 0 aliphatic rings. The summed E-state index contributed by atoms with van der Waals surface area (Å²) in [5.74, 6) is 0.883. The monoisotopic (exact) mass is 507 g/mol. The minimum atomic E-state index is -0.240. The van der Waals surface area contributed by atoms with E-state index >= 15 is 0 Å². The molecule has 3 rings (SSSR count). The highest BCUT2D eigenvalue weighted by atomic mass is 127. The number of methoxy groups -OCH3 is 1. The van der Waals surface area contributed by atoms with Crippen LogP contribution in [-0.4, -0.2) is 13.0 Å². The maximum absolute atomic E-state index is 12.8. The van der Waals surface area contributed by atoms with Gasteiger partial charge in [-0.2, -0.15) is 0 Å². The molecule has 0 unspecified atom stereocenters. The minimum Gasteiger partial charge on any atom is -0.492 e. The normalized spacial score (nSPS) is 10.4. The second-order valence-corrected chi connectivity index (χ2v) is 7.70. The molecule has 0 saturated carbocycles. The van der Waals surface area contributed by atoms with Crippen LogP contribution in [0.5, 0.6) is 11.5 Å². The number of hydrogen-bond acceptors (Lipinski definition) is 3. The molecule has 0 aliphatic carbocycles. The van der Waals surface area contributed by atoms with Gasteiger partial charge in [0.15, 0.2) is 11.5 Å². The van der Waals surface area contributed by atoms with Gasteiger partial charge < -0.3 is 14.8 Å². The van der Waals surface area contributed by atoms with Crippen molar-refractivity contribution < 1.29 is 14.3 Å². The van der Waals surface area contributed by atoms with Crippen molar-refractivity contribution >= 4 is 45.8 Å². The third kappa shape index (κ3) is 4.77. The summed E-state index contributed by atoms with van der Waals surface area (Å²) in [6.45, 7) is 2.25. The van der Waals surface area contributed by atoms with Crippen LogP contribution in [0, 0.1) is 10.5 Å². The second-order valence-electron chi connectivity index (χ2n) is 6.13. The fraction of sp³-hybridized carbons (Fsp3) is 0.136. The highest BCUT2D eigenvalue weighted by Gasteiger charge is 2.17. The third-order valence-corrected chi connectivity index (χ3v) is 5.44. The number of carbonyl (C=O) groups excluding carboxylic acids is 1. The molecule has 0 atom stereocenters. The smallest absolute Gasteiger partial charge is 0.255 e. The molecule has 0 saturated heterocycles. The molecule has 1 amide bonds. The van der Waals surface area contributed by atoms with Crippen LogP contribution in [0.4, 0.5) is 5.69 Å². The van der Waals surface area contributed by atoms with Crippen molar-refractivity contribution in [3.05, 3.63) is 85.9 Å². The number of benzene rings is 3. The summed E-state index contributed by atoms with van der Waals surface area (Å²) in [7, 11) is 1.59. The van der Waals surface area contributed by atoms with Crippen molar-refractivity contribution in [2.45, 2.75) is 13.5 Å². The molecule has 28 heavy (non-hydrogen) atoms. The van der Waals surface area contributed by atoms with E-state index in [4.69, 9.17) is 21.1 Å². The first kappa shape index (κ1) is 20.5. The van der Waals surface area contributed by atoms with Gasteiger partial charge in [-0.1, -0.05) is 48.0 Å². The van der Waals surface area contributed by atoms with Crippen LogP contribution in [0.25, 0.3) is 0 Å². The molecule has 0 aromatic heterocycles. The number of ether oxygens (including phenoxy) is 2. The highest BCUT2D eigenvalue weighted by molar-refractivity contribution is 14.1. The Morgan fingerprint density at radius 3 is 2.57 bits per heavy atom. The lowest BCUT2D eigenvalue weighted by Crippen LogP contribution is -2.14. The van der Waals surface area contributed by atoms with Crippen molar-refractivity contribution in [3.8, 4) is 11.5 Å². The molecule has 0 spiro atoms. The van der Waals surface area contributed by atoms with Gasteiger partial charge in [-0.3, -0.25) is 4.79 Å². The van der Waals surface area contributed by atoms with Crippen LogP contribution < -0.4 is 14.8 Å². The summed E-state index contributed by atoms with van der Waals surface area (Å²) < 4.78 is 12.2. The Morgan fingerprint density at radius 2 is 1.86 bits per heavy atom. The fourth-order valence-electron chi connectivity index (χ4n) is 2.68. The van der Waals surface area contributed by atoms with Gasteiger partial charge in [0.1, 0.15) is 6.61 Å². The summed E-state index contributed by atoms with van der Waals surface area (Å²) in [6.07, 6.45) is 0. The summed E-state index contributed by atoms with van der Waals surface area (Å²) in [5, 5.41) is 3.52. The lowest BCUT2D eigenvalue weighted by atomic mass is 10.1. The van der Waals surface area contributed by atoms with E-state index in [-0.39, 0.29) is 5.91 Å². The van der Waals surface area contributed by atoms with Gasteiger partial charge in [0, 0.05) is 16.3 Å². The Labute approximate surface area is 183 Å². The van der Waals surface area contributed by atoms with Gasteiger partial charge in [0.2, 0.25) is 0 Å². The first-order valence-electron chi connectivity index (χ1n) is 8.60. The van der Waals surface area contributed by atoms with Gasteiger partial charge in [0.25, 0.3) is 5.91 Å². The Hall–Kier alpha value is -2.25. The molecule has 0 fully saturated rings. The van der Waals surface area contributed by atoms with E-state index in [1.165, 1.54) is 0 Å². The molecule has 0 heterocycles. The zero-order valence-electron chi connectivity index (χ0n) is 15.5. The number of anilines is 1. The molecule has 0 radical (unpaired) electrons. The van der Waals surface area contributed by atoms with Gasteiger partial charge in [-0.25, -0.2) is 0 Å². The van der Waals surface area contributed by atoms with E-state index in [0.29, 0.717) is 34.4 Å². The van der Waals surface area contributed by atoms with E-state index in [1.54, 1.807) is 31.4 Å². The Morgan fingerprint density at radius 1 is 1.11 bits per heavy atom. The molecule has 3 aromatic carbocycles. The number of nitrogens with one attached hydrogen (secondary N) is 1. The van der Waals surface area contributed by atoms with Crippen LogP contribution in [0.2, 0.25) is 5.02 Å². The standard InChI is InChI=1S/C22H19ClINO3/c1-14-17(23)9-6-10-19(14)25-22(26)16-11-18(24)21(27-2)20(12-16)28-13-15-7-4-3-5-8-15/h3-12H,13H2,1-2H3,(H,25,26). The van der Waals surface area contributed by atoms with Crippen molar-refractivity contribution in [2.75, 3.05) is 12.4 Å². The van der Waals surface area contributed by atoms with E-state index < -0.39 is 0 Å². The zero-order valence-corrected chi connectivity index (χ0v) is 18.4. The van der Waals surface area contributed by atoms with Crippen LogP contribution in [-0.2, 0) is 6.61 Å². The van der Waals surface area contributed by atoms with Crippen LogP contribution in [0.1, 0.15) is 21.5 Å². The fourth-order valence-corrected chi connectivity index (χ4v) is 3.67. The molecule has 1 N–H and O–H groups in total. The molecule has 6 heteroatoms. The van der Waals surface area contributed by atoms with Gasteiger partial charge in [0.05, 0.1) is 10.7 Å². The topological polar surface area (TPSA) is 47.6 Å². The predicted molar refractivity (Wildman–Crippen MR) is 121 cm³/mol. The van der Waals surface area contributed by atoms with E-state index in [2.05, 4.69) is 27.9 Å². The Balaban J connectivity index is 1.85. The molecule has 0 bridgehead atoms. The number of hydrogen-bond donors (Lipinski definition) is 1. The molecule has 3 aromatic rings. The SMILES string of the molecule is COc1c(I)cc(C(=O)Nc2cccc(Cl)c2C)cc1OCc1ccccc1. The predicted octanol–water partition coefficient (Wildman–Crippen LogP) is 6.09. The maximum Gasteiger partial charge on any atom is 0.255 e. The molecular weight excluding hydrogens is 489 g/mol. The molecular formula is C22H19ClINO3. The number of carbonyl (C=O) groups is 1. The van der Waals surface area contributed by atoms with Crippen LogP contribution >= 0.6 is 34.2 Å². The summed E-state index contributed by atoms with van der Waals surface area (Å²) >= 11 is 8.28. The van der Waals surface area contributed by atoms with Crippen molar-refractivity contribution in [1.29, 1.82) is 0 Å². The van der Waals surface area contributed by atoms with E-state index in [9.17, 15) is 4.79 Å². The Kier molecular flexibility index (Phi) is 6.80. The van der Waals surface area contributed by atoms with Crippen molar-refractivity contribution in [2.24, 2.45) is 0 Å². The van der Waals surface area contributed by atoms with Crippen LogP contribution in [0.3, 0.4) is 0 Å². The Bertz CT molecular complexity index is 993. The average molecular weight is 508 g/mol. The first-order valence-corrected chi connectivity index (χ1v) is 10.1. The quantitative estimate of drug-likeness (QED) is 0.411. The maximum atomic E-state index is 12.8. The third-order valence-electron chi connectivity index (χ3n) is 4.23. The van der Waals surface area contributed by atoms with Crippen molar-refractivity contribution in [1.82, 2.24) is 0 Å². The lowest BCUT2D eigenvalue weighted by Gasteiger charge is -2.15. The zero-order chi connectivity index (χ0) is 20.1. The van der Waals surface area contributed by atoms with E-state index in [1.807, 2.05) is 43.3 Å². The first-order chi connectivity index (χ1) is 13.5. The second kappa shape index (κ2) is 9.30. The summed E-state index contributed by atoms with van der Waals surface area (Å²) in [4.78, 5) is 12.8. The van der Waals surface area contributed by atoms with Gasteiger partial charge in [-0.15, -0.1) is 0 Å². The summed E-state index contributed by atoms with van der Waals surface area (Å²) in [5.41, 5.74) is 3.01. The summed E-state index contributed by atoms with van der Waals surface area (Å²) in [6, 6.07) is 18.7. The number of rotatable bonds is 6. The molecule has 144 valence electrons. The molecule has 4 nitrogen and oxygen atoms in total. The van der Waals surface area contributed by atoms with Crippen LogP contribution in [0.15, 0.2) is 60.7 Å². The number of amides is 1. The minimum absolute atomic E-state index is 0.240. The van der Waals surface area contributed by atoms with Gasteiger partial charge >= 0.3 is 0 Å². The van der Waals surface area contributed by atoms with Crippen molar-refractivity contribution in [3.63, 3.8) is 0 Å². The average Bonchev–Trinajstić information content (AvgIpc) is 2.70.